The third kappa shape index (κ3) is 7.05. The summed E-state index contributed by atoms with van der Waals surface area (Å²) in [5.41, 5.74) is -0.559. The largest absolute Gasteiger partial charge is 0.471 e. The van der Waals surface area contributed by atoms with Crippen LogP contribution in [0.2, 0.25) is 0 Å². The van der Waals surface area contributed by atoms with Gasteiger partial charge in [0.15, 0.2) is 12.5 Å². The summed E-state index contributed by atoms with van der Waals surface area (Å²) in [6, 6.07) is 3.03. The molecule has 9 heteroatoms. The first kappa shape index (κ1) is 25.5. The molecule has 7 nitrogen and oxygen atoms in total. The third-order valence-corrected chi connectivity index (χ3v) is 4.03. The van der Waals surface area contributed by atoms with E-state index in [0.717, 1.165) is 0 Å². The van der Waals surface area contributed by atoms with Gasteiger partial charge in [0, 0.05) is 25.7 Å². The molecule has 1 amide bonds. The molecule has 0 atom stereocenters. The highest BCUT2D eigenvalue weighted by Crippen LogP contribution is 2.24. The van der Waals surface area contributed by atoms with Crippen LogP contribution in [-0.4, -0.2) is 52.0 Å². The standard InChI is InChI=1S/C19H25F2N3O4.C2H6/c1-5-24(10-8-15-23-16(12(2)28-15)19(3,4)26)18(25)13-7-6-9-22-17(13)27-11-14(20)21;1-2/h6-7,9,14,26H,5,8,10-11H2,1-4H3;1-2H3. The Morgan fingerprint density at radius 3 is 2.57 bits per heavy atom. The number of hydrogen-bond donors (Lipinski definition) is 1. The van der Waals surface area contributed by atoms with E-state index in [4.69, 9.17) is 9.15 Å². The maximum atomic E-state index is 12.8. The van der Waals surface area contributed by atoms with Crippen molar-refractivity contribution in [1.82, 2.24) is 14.9 Å². The summed E-state index contributed by atoms with van der Waals surface area (Å²) in [4.78, 5) is 22.5. The Kier molecular flexibility index (Phi) is 9.84. The van der Waals surface area contributed by atoms with Crippen molar-refractivity contribution in [2.24, 2.45) is 0 Å². The molecule has 0 radical (unpaired) electrons. The van der Waals surface area contributed by atoms with Gasteiger partial charge >= 0.3 is 0 Å². The van der Waals surface area contributed by atoms with E-state index in [1.54, 1.807) is 33.8 Å². The van der Waals surface area contributed by atoms with Crippen molar-refractivity contribution < 1.29 is 27.8 Å². The van der Waals surface area contributed by atoms with E-state index in [-0.39, 0.29) is 17.4 Å². The van der Waals surface area contributed by atoms with Gasteiger partial charge in [-0.25, -0.2) is 18.7 Å². The zero-order valence-electron chi connectivity index (χ0n) is 18.4. The summed E-state index contributed by atoms with van der Waals surface area (Å²) in [5, 5.41) is 10.1. The highest BCUT2D eigenvalue weighted by atomic mass is 19.3. The molecule has 0 aromatic carbocycles. The Balaban J connectivity index is 0.00000218. The number of halogens is 2. The van der Waals surface area contributed by atoms with Crippen LogP contribution in [0.1, 0.15) is 62.3 Å². The Morgan fingerprint density at radius 2 is 2.03 bits per heavy atom. The van der Waals surface area contributed by atoms with Gasteiger partial charge in [0.2, 0.25) is 5.88 Å². The van der Waals surface area contributed by atoms with Crippen molar-refractivity contribution in [3.63, 3.8) is 0 Å². The fourth-order valence-electron chi connectivity index (χ4n) is 2.74. The lowest BCUT2D eigenvalue weighted by atomic mass is 10.0. The average Bonchev–Trinajstić information content (AvgIpc) is 3.09. The SMILES string of the molecule is CC.CCN(CCc1nc(C(C)(C)O)c(C)o1)C(=O)c1cccnc1OCC(F)F. The van der Waals surface area contributed by atoms with Crippen LogP contribution < -0.4 is 4.74 Å². The van der Waals surface area contributed by atoms with Crippen molar-refractivity contribution >= 4 is 5.91 Å². The number of ether oxygens (including phenoxy) is 1. The van der Waals surface area contributed by atoms with Crippen LogP contribution in [0.3, 0.4) is 0 Å². The summed E-state index contributed by atoms with van der Waals surface area (Å²) in [5.74, 6) is 0.418. The van der Waals surface area contributed by atoms with Gasteiger partial charge in [0.25, 0.3) is 12.3 Å². The van der Waals surface area contributed by atoms with Crippen molar-refractivity contribution in [3.8, 4) is 5.88 Å². The number of pyridine rings is 1. The second-order valence-electron chi connectivity index (χ2n) is 6.76. The van der Waals surface area contributed by atoms with Gasteiger partial charge in [-0.3, -0.25) is 4.79 Å². The van der Waals surface area contributed by atoms with Gasteiger partial charge in [-0.05, 0) is 39.8 Å². The lowest BCUT2D eigenvalue weighted by molar-refractivity contribution is 0.0705. The van der Waals surface area contributed by atoms with Crippen molar-refractivity contribution in [3.05, 3.63) is 41.2 Å². The number of alkyl halides is 2. The fraction of sp³-hybridized carbons (Fsp3) is 0.571. The predicted molar refractivity (Wildman–Crippen MR) is 109 cm³/mol. The molecular weight excluding hydrogens is 396 g/mol. The number of amides is 1. The summed E-state index contributed by atoms with van der Waals surface area (Å²) in [6.07, 6.45) is -0.948. The molecule has 0 aliphatic rings. The number of carbonyl (C=O) groups is 1. The van der Waals surface area contributed by atoms with Crippen LogP contribution in [0.4, 0.5) is 8.78 Å². The van der Waals surface area contributed by atoms with Gasteiger partial charge in [0.05, 0.1) is 0 Å². The number of rotatable bonds is 9. The number of aryl methyl sites for hydroxylation is 1. The maximum absolute atomic E-state index is 12.8. The minimum Gasteiger partial charge on any atom is -0.471 e. The molecule has 0 fully saturated rings. The summed E-state index contributed by atoms with van der Waals surface area (Å²) >= 11 is 0. The topological polar surface area (TPSA) is 88.7 Å². The molecule has 0 aliphatic heterocycles. The predicted octanol–water partition coefficient (Wildman–Crippen LogP) is 3.98. The number of aromatic nitrogens is 2. The number of likely N-dealkylation sites (N-methyl/N-ethyl adjacent to an activating group) is 1. The van der Waals surface area contributed by atoms with Crippen LogP contribution >= 0.6 is 0 Å². The molecular formula is C21H31F2N3O4. The lowest BCUT2D eigenvalue weighted by Gasteiger charge is -2.21. The van der Waals surface area contributed by atoms with E-state index in [1.165, 1.54) is 17.2 Å². The molecule has 30 heavy (non-hydrogen) atoms. The summed E-state index contributed by atoms with van der Waals surface area (Å²) in [7, 11) is 0. The minimum atomic E-state index is -2.66. The van der Waals surface area contributed by atoms with Gasteiger partial charge < -0.3 is 19.2 Å². The van der Waals surface area contributed by atoms with E-state index < -0.39 is 18.6 Å². The Bertz CT molecular complexity index is 804. The van der Waals surface area contributed by atoms with Gasteiger partial charge in [-0.15, -0.1) is 0 Å². The monoisotopic (exact) mass is 427 g/mol. The Morgan fingerprint density at radius 1 is 1.37 bits per heavy atom. The molecule has 0 aliphatic carbocycles. The highest BCUT2D eigenvalue weighted by Gasteiger charge is 2.25. The maximum Gasteiger partial charge on any atom is 0.272 e. The number of oxazole rings is 1. The van der Waals surface area contributed by atoms with Crippen molar-refractivity contribution in [2.75, 3.05) is 19.7 Å². The first-order chi connectivity index (χ1) is 14.1. The summed E-state index contributed by atoms with van der Waals surface area (Å²) < 4.78 is 35.4. The summed E-state index contributed by atoms with van der Waals surface area (Å²) in [6.45, 7) is 10.6. The quantitative estimate of drug-likeness (QED) is 0.651. The molecule has 0 saturated carbocycles. The van der Waals surface area contributed by atoms with E-state index in [1.807, 2.05) is 13.8 Å². The number of aliphatic hydroxyl groups is 1. The van der Waals surface area contributed by atoms with Crippen LogP contribution in [0.25, 0.3) is 0 Å². The molecule has 2 rings (SSSR count). The fourth-order valence-corrected chi connectivity index (χ4v) is 2.74. The molecule has 2 heterocycles. The van der Waals surface area contributed by atoms with Crippen LogP contribution in [-0.2, 0) is 12.0 Å². The Labute approximate surface area is 176 Å². The lowest BCUT2D eigenvalue weighted by Crippen LogP contribution is -2.33. The van der Waals surface area contributed by atoms with Gasteiger partial charge in [-0.1, -0.05) is 13.8 Å². The van der Waals surface area contributed by atoms with E-state index in [2.05, 4.69) is 9.97 Å². The van der Waals surface area contributed by atoms with Crippen LogP contribution in [0, 0.1) is 6.92 Å². The van der Waals surface area contributed by atoms with Crippen LogP contribution in [0.15, 0.2) is 22.7 Å². The van der Waals surface area contributed by atoms with E-state index in [0.29, 0.717) is 36.9 Å². The van der Waals surface area contributed by atoms with Crippen molar-refractivity contribution in [2.45, 2.75) is 60.0 Å². The van der Waals surface area contributed by atoms with E-state index in [9.17, 15) is 18.7 Å². The molecule has 2 aromatic heterocycles. The zero-order chi connectivity index (χ0) is 22.9. The highest BCUT2D eigenvalue weighted by molar-refractivity contribution is 5.96. The third-order valence-electron chi connectivity index (χ3n) is 4.03. The van der Waals surface area contributed by atoms with Gasteiger partial charge in [0.1, 0.15) is 22.6 Å². The molecule has 168 valence electrons. The molecule has 0 saturated heterocycles. The van der Waals surface area contributed by atoms with Gasteiger partial charge in [-0.2, -0.15) is 0 Å². The molecule has 0 bridgehead atoms. The number of carbonyl (C=O) groups excluding carboxylic acids is 1. The number of nitrogens with zero attached hydrogens (tertiary/aromatic N) is 3. The molecule has 2 aromatic rings. The van der Waals surface area contributed by atoms with E-state index >= 15 is 0 Å². The first-order valence-electron chi connectivity index (χ1n) is 9.97. The second-order valence-corrected chi connectivity index (χ2v) is 6.76. The second kappa shape index (κ2) is 11.6. The zero-order valence-corrected chi connectivity index (χ0v) is 18.4. The van der Waals surface area contributed by atoms with Crippen molar-refractivity contribution in [1.29, 1.82) is 0 Å². The minimum absolute atomic E-state index is 0.116. The molecule has 1 N–H and O–H groups in total. The smallest absolute Gasteiger partial charge is 0.272 e. The number of hydrogen-bond acceptors (Lipinski definition) is 6. The first-order valence-corrected chi connectivity index (χ1v) is 9.97. The molecule has 0 spiro atoms. The normalized spacial score (nSPS) is 11.1. The molecule has 0 unspecified atom stereocenters. The Hall–Kier alpha value is -2.55. The average molecular weight is 427 g/mol. The van der Waals surface area contributed by atoms with Crippen LogP contribution in [0.5, 0.6) is 5.88 Å².